The van der Waals surface area contributed by atoms with Gasteiger partial charge >= 0.3 is 0 Å². The van der Waals surface area contributed by atoms with Gasteiger partial charge in [0.2, 0.25) is 0 Å². The van der Waals surface area contributed by atoms with Gasteiger partial charge in [0.05, 0.1) is 22.4 Å². The van der Waals surface area contributed by atoms with Gasteiger partial charge in [0.1, 0.15) is 5.71 Å². The van der Waals surface area contributed by atoms with E-state index in [1.807, 2.05) is 36.4 Å². The molecule has 2 N–H and O–H groups in total. The van der Waals surface area contributed by atoms with Crippen LogP contribution in [0.25, 0.3) is 65.9 Å². The number of anilines is 1. The Morgan fingerprint density at radius 3 is 1.89 bits per heavy atom. The number of rotatable bonds is 3. The number of allylic oxidation sites excluding steroid dienone is 1. The Bertz CT molecular complexity index is 2440. The molecule has 0 saturated heterocycles. The number of hydrazone groups is 1. The monoisotopic (exact) mass is 562 g/mol. The highest BCUT2D eigenvalue weighted by Gasteiger charge is 2.21. The molecule has 206 valence electrons. The minimum atomic E-state index is 0.416. The van der Waals surface area contributed by atoms with Gasteiger partial charge in [0.15, 0.2) is 0 Å². The summed E-state index contributed by atoms with van der Waals surface area (Å²) in [5.74, 6) is 0. The highest BCUT2D eigenvalue weighted by atomic mass is 15.3. The smallest absolute Gasteiger partial charge is 0.109 e. The van der Waals surface area contributed by atoms with E-state index >= 15 is 0 Å². The Kier molecular flexibility index (Phi) is 5.32. The number of nitrogens with zero attached hydrogens (tertiary/aromatic N) is 2. The second-order valence-electron chi connectivity index (χ2n) is 11.3. The molecule has 0 atom stereocenters. The lowest BCUT2D eigenvalue weighted by Crippen LogP contribution is -2.18. The third kappa shape index (κ3) is 3.64. The molecule has 1 aromatic heterocycles. The van der Waals surface area contributed by atoms with E-state index in [-0.39, 0.29) is 0 Å². The van der Waals surface area contributed by atoms with Gasteiger partial charge in [-0.1, -0.05) is 103 Å². The van der Waals surface area contributed by atoms with Crippen LogP contribution in [-0.2, 0) is 0 Å². The second kappa shape index (κ2) is 9.51. The van der Waals surface area contributed by atoms with Crippen molar-refractivity contribution in [2.75, 3.05) is 5.43 Å². The molecule has 0 unspecified atom stereocenters. The summed E-state index contributed by atoms with van der Waals surface area (Å²) in [5, 5.41) is 23.4. The zero-order valence-electron chi connectivity index (χ0n) is 23.8. The fraction of sp³-hybridized carbons (Fsp3) is 0. The minimum Gasteiger partial charge on any atom is -0.309 e. The lowest BCUT2D eigenvalue weighted by molar-refractivity contribution is 1.19. The molecule has 0 amide bonds. The summed E-state index contributed by atoms with van der Waals surface area (Å²) < 4.78 is 2.39. The molecule has 7 aromatic carbocycles. The molecule has 0 spiro atoms. The van der Waals surface area contributed by atoms with Crippen LogP contribution in [0.1, 0.15) is 11.1 Å². The van der Waals surface area contributed by atoms with Gasteiger partial charge in [-0.05, 0) is 80.4 Å². The van der Waals surface area contributed by atoms with Crippen LogP contribution in [-0.4, -0.2) is 16.0 Å². The first kappa shape index (κ1) is 24.6. The van der Waals surface area contributed by atoms with Crippen LogP contribution in [0.15, 0.2) is 145 Å². The summed E-state index contributed by atoms with van der Waals surface area (Å²) in [6.07, 6.45) is 3.96. The molecule has 4 heteroatoms. The minimum absolute atomic E-state index is 0.416. The molecule has 0 aliphatic heterocycles. The third-order valence-corrected chi connectivity index (χ3v) is 8.85. The number of para-hydroxylation sites is 1. The van der Waals surface area contributed by atoms with Crippen molar-refractivity contribution in [1.29, 1.82) is 5.41 Å². The predicted octanol–water partition coefficient (Wildman–Crippen LogP) is 10.1. The molecule has 0 fully saturated rings. The first-order chi connectivity index (χ1) is 21.7. The van der Waals surface area contributed by atoms with Crippen LogP contribution in [0.5, 0.6) is 0 Å². The Morgan fingerprint density at radius 1 is 0.545 bits per heavy atom. The van der Waals surface area contributed by atoms with Gasteiger partial charge in [-0.2, -0.15) is 5.10 Å². The highest BCUT2D eigenvalue weighted by molar-refractivity contribution is 6.55. The van der Waals surface area contributed by atoms with E-state index < -0.39 is 0 Å². The zero-order valence-corrected chi connectivity index (χ0v) is 23.8. The van der Waals surface area contributed by atoms with E-state index in [1.54, 1.807) is 0 Å². The van der Waals surface area contributed by atoms with Crippen molar-refractivity contribution in [1.82, 2.24) is 4.57 Å². The van der Waals surface area contributed by atoms with Gasteiger partial charge in [0.25, 0.3) is 0 Å². The fourth-order valence-electron chi connectivity index (χ4n) is 6.83. The Morgan fingerprint density at radius 2 is 1.18 bits per heavy atom. The van der Waals surface area contributed by atoms with Crippen molar-refractivity contribution in [3.8, 4) is 5.69 Å². The van der Waals surface area contributed by atoms with Crippen molar-refractivity contribution in [2.24, 2.45) is 5.10 Å². The highest BCUT2D eigenvalue weighted by Crippen LogP contribution is 2.41. The van der Waals surface area contributed by atoms with Crippen LogP contribution in [0.2, 0.25) is 0 Å². The normalized spacial score (nSPS) is 13.9. The van der Waals surface area contributed by atoms with E-state index in [2.05, 4.69) is 124 Å². The molecule has 1 aliphatic carbocycles. The lowest BCUT2D eigenvalue weighted by Gasteiger charge is -2.17. The fourth-order valence-corrected chi connectivity index (χ4v) is 6.83. The zero-order chi connectivity index (χ0) is 29.2. The number of aromatic nitrogens is 1. The van der Waals surface area contributed by atoms with Crippen LogP contribution in [0, 0.1) is 5.41 Å². The molecule has 1 aliphatic rings. The summed E-state index contributed by atoms with van der Waals surface area (Å²) in [4.78, 5) is 0. The number of benzene rings is 7. The molecule has 1 heterocycles. The lowest BCUT2D eigenvalue weighted by atomic mass is 9.89. The maximum Gasteiger partial charge on any atom is 0.109 e. The average Bonchev–Trinajstić information content (AvgIpc) is 3.43. The van der Waals surface area contributed by atoms with Crippen molar-refractivity contribution >= 4 is 77.3 Å². The van der Waals surface area contributed by atoms with Crippen LogP contribution in [0.3, 0.4) is 0 Å². The Balaban J connectivity index is 1.25. The van der Waals surface area contributed by atoms with Crippen molar-refractivity contribution < 1.29 is 0 Å². The molecule has 8 aromatic rings. The molecule has 9 rings (SSSR count). The number of hydrogen-bond acceptors (Lipinski definition) is 3. The number of nitrogens with one attached hydrogen (secondary N) is 2. The summed E-state index contributed by atoms with van der Waals surface area (Å²) in [6, 6.07) is 47.0. The van der Waals surface area contributed by atoms with Crippen LogP contribution < -0.4 is 5.43 Å². The summed E-state index contributed by atoms with van der Waals surface area (Å²) in [5.41, 5.74) is 10.4. The first-order valence-electron chi connectivity index (χ1n) is 14.8. The largest absolute Gasteiger partial charge is 0.309 e. The molecule has 4 nitrogen and oxygen atoms in total. The molecule has 0 radical (unpaired) electrons. The quantitative estimate of drug-likeness (QED) is 0.207. The maximum atomic E-state index is 9.11. The van der Waals surface area contributed by atoms with Crippen molar-refractivity contribution in [3.05, 3.63) is 151 Å². The van der Waals surface area contributed by atoms with Gasteiger partial charge < -0.3 is 4.57 Å². The van der Waals surface area contributed by atoms with E-state index in [0.29, 0.717) is 11.4 Å². The molecule has 44 heavy (non-hydrogen) atoms. The molecule has 0 bridgehead atoms. The average molecular weight is 563 g/mol. The molecular weight excluding hydrogens is 536 g/mol. The second-order valence-corrected chi connectivity index (χ2v) is 11.3. The summed E-state index contributed by atoms with van der Waals surface area (Å²) in [6.45, 7) is 0. The van der Waals surface area contributed by atoms with E-state index in [1.165, 1.54) is 43.4 Å². The van der Waals surface area contributed by atoms with Gasteiger partial charge in [-0.15, -0.1) is 0 Å². The summed E-state index contributed by atoms with van der Waals surface area (Å²) in [7, 11) is 0. The summed E-state index contributed by atoms with van der Waals surface area (Å²) >= 11 is 0. The third-order valence-electron chi connectivity index (χ3n) is 8.85. The standard InChI is InChI=1S/C40H26N4/c41-40-34(43-42-29-10-2-1-3-11-29)21-16-27-14-15-28-24-30(19-20-33(28)37(27)40)44-35-22-17-25-8-4-6-12-31(25)38(35)39-32-13-7-5-9-26(32)18-23-36(39)44/h1-24,41-42H/b41-40?,43-34-. The topological polar surface area (TPSA) is 53.2 Å². The molecular formula is C40H26N4. The van der Waals surface area contributed by atoms with Crippen LogP contribution >= 0.6 is 0 Å². The van der Waals surface area contributed by atoms with Gasteiger partial charge in [-0.3, -0.25) is 10.8 Å². The van der Waals surface area contributed by atoms with Gasteiger partial charge in [-0.25, -0.2) is 0 Å². The maximum absolute atomic E-state index is 9.11. The number of fused-ring (bicyclic) bond motifs is 10. The number of hydrogen-bond donors (Lipinski definition) is 2. The first-order valence-corrected chi connectivity index (χ1v) is 14.8. The SMILES string of the molecule is N=C1/C(=N\Nc2ccccc2)C=Cc2ccc3cc(-n4c5ccc6ccccc6c5c5c6ccccc6ccc54)ccc3c21. The van der Waals surface area contributed by atoms with Gasteiger partial charge in [0, 0.05) is 22.0 Å². The van der Waals surface area contributed by atoms with Crippen molar-refractivity contribution in [3.63, 3.8) is 0 Å². The Hall–Kier alpha value is -6.00. The van der Waals surface area contributed by atoms with E-state index in [0.717, 1.165) is 33.3 Å². The predicted molar refractivity (Wildman–Crippen MR) is 187 cm³/mol. The van der Waals surface area contributed by atoms with Crippen LogP contribution in [0.4, 0.5) is 5.69 Å². The van der Waals surface area contributed by atoms with E-state index in [9.17, 15) is 0 Å². The van der Waals surface area contributed by atoms with Crippen molar-refractivity contribution in [2.45, 2.75) is 0 Å². The molecule has 0 saturated carbocycles. The van der Waals surface area contributed by atoms with E-state index in [4.69, 9.17) is 5.41 Å². The Labute approximate surface area is 253 Å².